The number of halogens is 1. The van der Waals surface area contributed by atoms with Crippen LogP contribution < -0.4 is 5.32 Å². The Labute approximate surface area is 186 Å². The van der Waals surface area contributed by atoms with Gasteiger partial charge >= 0.3 is 0 Å². The van der Waals surface area contributed by atoms with Crippen LogP contribution in [0.4, 0.5) is 5.69 Å². The van der Waals surface area contributed by atoms with Gasteiger partial charge in [-0.25, -0.2) is 9.67 Å². The lowest BCUT2D eigenvalue weighted by atomic mass is 10.1. The van der Waals surface area contributed by atoms with Crippen LogP contribution in [-0.2, 0) is 6.42 Å². The molecule has 0 atom stereocenters. The topological polar surface area (TPSA) is 59.8 Å². The summed E-state index contributed by atoms with van der Waals surface area (Å²) in [7, 11) is 0. The molecule has 6 heteroatoms. The summed E-state index contributed by atoms with van der Waals surface area (Å²) in [5.74, 6) is 0.313. The second-order valence-corrected chi connectivity index (χ2v) is 7.91. The molecule has 0 aliphatic heterocycles. The number of rotatable bonds is 5. The molecule has 1 N–H and O–H groups in total. The molecule has 156 valence electrons. The molecule has 0 saturated carbocycles. The number of aryl methyl sites for hydroxylation is 3. The van der Waals surface area contributed by atoms with Crippen molar-refractivity contribution in [2.45, 2.75) is 27.2 Å². The largest absolute Gasteiger partial charge is 0.319 e. The van der Waals surface area contributed by atoms with Crippen molar-refractivity contribution in [3.63, 3.8) is 0 Å². The smallest absolute Gasteiger partial charge is 0.295 e. The fraction of sp³-hybridized carbons (Fsp3) is 0.160. The first-order chi connectivity index (χ1) is 14.9. The summed E-state index contributed by atoms with van der Waals surface area (Å²) in [5.41, 5.74) is 5.64. The number of hydrogen-bond donors (Lipinski definition) is 1. The highest BCUT2D eigenvalue weighted by Gasteiger charge is 2.20. The number of anilines is 1. The number of carbonyl (C=O) groups is 1. The molecule has 3 aromatic carbocycles. The van der Waals surface area contributed by atoms with Gasteiger partial charge in [0.2, 0.25) is 5.82 Å². The van der Waals surface area contributed by atoms with E-state index in [1.165, 1.54) is 5.56 Å². The lowest BCUT2D eigenvalue weighted by Crippen LogP contribution is -2.14. The molecule has 1 heterocycles. The van der Waals surface area contributed by atoms with E-state index in [0.29, 0.717) is 16.5 Å². The van der Waals surface area contributed by atoms with Crippen molar-refractivity contribution in [2.24, 2.45) is 0 Å². The van der Waals surface area contributed by atoms with Gasteiger partial charge in [-0.3, -0.25) is 4.79 Å². The van der Waals surface area contributed by atoms with Crippen LogP contribution in [0.1, 0.15) is 34.2 Å². The Morgan fingerprint density at radius 1 is 1.03 bits per heavy atom. The van der Waals surface area contributed by atoms with Crippen LogP contribution in [0, 0.1) is 13.8 Å². The van der Waals surface area contributed by atoms with Gasteiger partial charge in [0.25, 0.3) is 5.91 Å². The van der Waals surface area contributed by atoms with Gasteiger partial charge in [-0.2, -0.15) is 0 Å². The SMILES string of the molecule is CCc1ccc(NC(=O)c2nc(-c3cccc(C)c3)n(-c3cc(Cl)ccc3C)n2)cc1. The number of hydrogen-bond acceptors (Lipinski definition) is 3. The minimum absolute atomic E-state index is 0.0930. The predicted molar refractivity (Wildman–Crippen MR) is 125 cm³/mol. The first-order valence-corrected chi connectivity index (χ1v) is 10.5. The Kier molecular flexibility index (Phi) is 5.87. The van der Waals surface area contributed by atoms with Crippen molar-refractivity contribution in [1.82, 2.24) is 14.8 Å². The number of carbonyl (C=O) groups excluding carboxylic acids is 1. The molecular formula is C25H23ClN4O. The Morgan fingerprint density at radius 3 is 2.52 bits per heavy atom. The van der Waals surface area contributed by atoms with Crippen LogP contribution in [0.5, 0.6) is 0 Å². The monoisotopic (exact) mass is 430 g/mol. The van der Waals surface area contributed by atoms with Crippen molar-refractivity contribution < 1.29 is 4.79 Å². The van der Waals surface area contributed by atoms with E-state index in [4.69, 9.17) is 11.6 Å². The van der Waals surface area contributed by atoms with E-state index in [-0.39, 0.29) is 11.7 Å². The molecule has 1 amide bonds. The quantitative estimate of drug-likeness (QED) is 0.421. The molecule has 0 fully saturated rings. The fourth-order valence-electron chi connectivity index (χ4n) is 3.37. The first kappa shape index (κ1) is 20.8. The van der Waals surface area contributed by atoms with E-state index in [0.717, 1.165) is 28.8 Å². The molecule has 0 aliphatic carbocycles. The van der Waals surface area contributed by atoms with Crippen molar-refractivity contribution in [2.75, 3.05) is 5.32 Å². The zero-order valence-corrected chi connectivity index (χ0v) is 18.4. The van der Waals surface area contributed by atoms with Crippen molar-refractivity contribution in [3.05, 3.63) is 94.3 Å². The van der Waals surface area contributed by atoms with Gasteiger partial charge in [0.1, 0.15) is 0 Å². The molecule has 0 saturated heterocycles. The zero-order valence-electron chi connectivity index (χ0n) is 17.7. The van der Waals surface area contributed by atoms with E-state index in [1.807, 2.05) is 80.6 Å². The van der Waals surface area contributed by atoms with Gasteiger partial charge in [0.05, 0.1) is 5.69 Å². The van der Waals surface area contributed by atoms with Crippen molar-refractivity contribution >= 4 is 23.2 Å². The Hall–Kier alpha value is -3.44. The molecule has 0 spiro atoms. The zero-order chi connectivity index (χ0) is 22.0. The second kappa shape index (κ2) is 8.74. The Morgan fingerprint density at radius 2 is 1.81 bits per heavy atom. The third-order valence-electron chi connectivity index (χ3n) is 5.11. The second-order valence-electron chi connectivity index (χ2n) is 7.48. The number of nitrogens with zero attached hydrogens (tertiary/aromatic N) is 3. The normalized spacial score (nSPS) is 10.8. The highest BCUT2D eigenvalue weighted by molar-refractivity contribution is 6.30. The Balaban J connectivity index is 1.77. The van der Waals surface area contributed by atoms with Crippen LogP contribution in [0.15, 0.2) is 66.7 Å². The molecule has 5 nitrogen and oxygen atoms in total. The van der Waals surface area contributed by atoms with Gasteiger partial charge in [-0.05, 0) is 61.7 Å². The molecule has 0 radical (unpaired) electrons. The molecule has 0 aliphatic rings. The fourth-order valence-corrected chi connectivity index (χ4v) is 3.54. The van der Waals surface area contributed by atoms with Crippen LogP contribution >= 0.6 is 11.6 Å². The van der Waals surface area contributed by atoms with Gasteiger partial charge in [0.15, 0.2) is 5.82 Å². The highest BCUT2D eigenvalue weighted by atomic mass is 35.5. The maximum Gasteiger partial charge on any atom is 0.295 e. The molecule has 0 bridgehead atoms. The van der Waals surface area contributed by atoms with Crippen LogP contribution in [0.2, 0.25) is 5.02 Å². The van der Waals surface area contributed by atoms with E-state index in [9.17, 15) is 4.79 Å². The average molecular weight is 431 g/mol. The number of aromatic nitrogens is 3. The summed E-state index contributed by atoms with van der Waals surface area (Å²) in [5, 5.41) is 8.03. The first-order valence-electron chi connectivity index (χ1n) is 10.2. The number of benzene rings is 3. The van der Waals surface area contributed by atoms with E-state index in [1.54, 1.807) is 4.68 Å². The van der Waals surface area contributed by atoms with Gasteiger partial charge in [-0.15, -0.1) is 5.10 Å². The minimum Gasteiger partial charge on any atom is -0.319 e. The number of amides is 1. The van der Waals surface area contributed by atoms with Gasteiger partial charge < -0.3 is 5.32 Å². The maximum atomic E-state index is 12.9. The van der Waals surface area contributed by atoms with Crippen LogP contribution in [0.25, 0.3) is 17.1 Å². The summed E-state index contributed by atoms with van der Waals surface area (Å²) < 4.78 is 1.69. The molecule has 31 heavy (non-hydrogen) atoms. The number of nitrogens with one attached hydrogen (secondary N) is 1. The molecular weight excluding hydrogens is 408 g/mol. The molecule has 0 unspecified atom stereocenters. The summed E-state index contributed by atoms with van der Waals surface area (Å²) in [6, 6.07) is 21.3. The minimum atomic E-state index is -0.364. The summed E-state index contributed by atoms with van der Waals surface area (Å²) in [6.07, 6.45) is 0.943. The average Bonchev–Trinajstić information content (AvgIpc) is 3.21. The lowest BCUT2D eigenvalue weighted by molar-refractivity contribution is 0.101. The van der Waals surface area contributed by atoms with Gasteiger partial charge in [-0.1, -0.05) is 60.5 Å². The lowest BCUT2D eigenvalue weighted by Gasteiger charge is -2.10. The third-order valence-corrected chi connectivity index (χ3v) is 5.34. The van der Waals surface area contributed by atoms with Crippen molar-refractivity contribution in [3.8, 4) is 17.1 Å². The highest BCUT2D eigenvalue weighted by Crippen LogP contribution is 2.26. The third kappa shape index (κ3) is 4.52. The predicted octanol–water partition coefficient (Wildman–Crippen LogP) is 6.02. The molecule has 1 aromatic heterocycles. The Bertz CT molecular complexity index is 1240. The van der Waals surface area contributed by atoms with Crippen LogP contribution in [-0.4, -0.2) is 20.7 Å². The molecule has 4 aromatic rings. The van der Waals surface area contributed by atoms with E-state index in [2.05, 4.69) is 22.3 Å². The molecule has 4 rings (SSSR count). The van der Waals surface area contributed by atoms with E-state index < -0.39 is 0 Å². The van der Waals surface area contributed by atoms with Gasteiger partial charge in [0, 0.05) is 16.3 Å². The van der Waals surface area contributed by atoms with Crippen LogP contribution in [0.3, 0.4) is 0 Å². The standard InChI is InChI=1S/C25H23ClN4O/c1-4-18-9-12-21(13-10-18)27-25(31)23-28-24(19-7-5-6-16(2)14-19)30(29-23)22-15-20(26)11-8-17(22)3/h5-15H,4H2,1-3H3,(H,27,31). The van der Waals surface area contributed by atoms with Crippen molar-refractivity contribution in [1.29, 1.82) is 0 Å². The summed E-state index contributed by atoms with van der Waals surface area (Å²) >= 11 is 6.25. The summed E-state index contributed by atoms with van der Waals surface area (Å²) in [6.45, 7) is 6.08. The maximum absolute atomic E-state index is 12.9. The summed E-state index contributed by atoms with van der Waals surface area (Å²) in [4.78, 5) is 17.5. The van der Waals surface area contributed by atoms with E-state index >= 15 is 0 Å².